The zero-order valence-electron chi connectivity index (χ0n) is 21.4. The maximum Gasteiger partial charge on any atom is 0.416 e. The van der Waals surface area contributed by atoms with Crippen LogP contribution in [0.2, 0.25) is 0 Å². The van der Waals surface area contributed by atoms with Crippen LogP contribution >= 0.6 is 11.8 Å². The topological polar surface area (TPSA) is 44.5 Å². The summed E-state index contributed by atoms with van der Waals surface area (Å²) in [5, 5.41) is 3.52. The molecule has 37 heavy (non-hydrogen) atoms. The molecule has 1 aliphatic carbocycles. The minimum Gasteiger partial charge on any atom is -0.382 e. The minimum absolute atomic E-state index is 0.174. The van der Waals surface area contributed by atoms with E-state index in [4.69, 9.17) is 5.73 Å². The monoisotopic (exact) mass is 530 g/mol. The number of anilines is 2. The number of alkyl halides is 3. The zero-order chi connectivity index (χ0) is 25.6. The lowest BCUT2D eigenvalue weighted by atomic mass is 9.86. The molecule has 1 saturated carbocycles. The molecule has 3 aliphatic heterocycles. The number of halogens is 3. The van der Waals surface area contributed by atoms with Crippen molar-refractivity contribution >= 4 is 23.1 Å². The SMILES string of the molecule is NCCN1CCC(Nc2cc(C(F)(F)F)cc3c2Cc2ccc(N4CCC5(CCCC5)C4)cc2S3)CC1. The van der Waals surface area contributed by atoms with Crippen molar-refractivity contribution in [1.29, 1.82) is 0 Å². The molecular formula is C29H37F3N4S. The van der Waals surface area contributed by atoms with Gasteiger partial charge in [0.2, 0.25) is 0 Å². The van der Waals surface area contributed by atoms with E-state index in [0.29, 0.717) is 24.1 Å². The van der Waals surface area contributed by atoms with Gasteiger partial charge in [-0.15, -0.1) is 0 Å². The number of hydrogen-bond acceptors (Lipinski definition) is 5. The molecule has 4 aliphatic rings. The number of fused-ring (bicyclic) bond motifs is 2. The lowest BCUT2D eigenvalue weighted by Gasteiger charge is -2.34. The average molecular weight is 531 g/mol. The summed E-state index contributed by atoms with van der Waals surface area (Å²) in [6.45, 7) is 5.55. The summed E-state index contributed by atoms with van der Waals surface area (Å²) in [7, 11) is 0. The number of nitrogens with one attached hydrogen (secondary N) is 1. The summed E-state index contributed by atoms with van der Waals surface area (Å²) < 4.78 is 41.7. The van der Waals surface area contributed by atoms with Crippen LogP contribution in [0.15, 0.2) is 40.1 Å². The lowest BCUT2D eigenvalue weighted by Crippen LogP contribution is -2.41. The van der Waals surface area contributed by atoms with Crippen LogP contribution in [0.4, 0.5) is 24.5 Å². The molecule has 2 aromatic rings. The van der Waals surface area contributed by atoms with E-state index in [1.807, 2.05) is 0 Å². The first kappa shape index (κ1) is 25.4. The normalized spacial score (nSPS) is 21.9. The van der Waals surface area contributed by atoms with Gasteiger partial charge >= 0.3 is 6.18 Å². The van der Waals surface area contributed by atoms with Crippen molar-refractivity contribution in [3.63, 3.8) is 0 Å². The molecular weight excluding hydrogens is 493 g/mol. The van der Waals surface area contributed by atoms with Gasteiger partial charge in [0.05, 0.1) is 5.56 Å². The number of likely N-dealkylation sites (tertiary alicyclic amines) is 1. The molecule has 0 atom stereocenters. The Balaban J connectivity index is 1.24. The molecule has 1 spiro atoms. The van der Waals surface area contributed by atoms with Gasteiger partial charge in [0.15, 0.2) is 0 Å². The van der Waals surface area contributed by atoms with Gasteiger partial charge in [0.1, 0.15) is 0 Å². The first-order chi connectivity index (χ1) is 17.8. The predicted molar refractivity (Wildman–Crippen MR) is 145 cm³/mol. The Kier molecular flexibility index (Phi) is 6.87. The molecule has 3 heterocycles. The van der Waals surface area contributed by atoms with Gasteiger partial charge in [-0.05, 0) is 72.9 Å². The van der Waals surface area contributed by atoms with E-state index in [-0.39, 0.29) is 6.04 Å². The van der Waals surface area contributed by atoms with Crippen molar-refractivity contribution in [2.75, 3.05) is 49.5 Å². The van der Waals surface area contributed by atoms with Crippen molar-refractivity contribution in [2.24, 2.45) is 11.1 Å². The fraction of sp³-hybridized carbons (Fsp3) is 0.586. The van der Waals surface area contributed by atoms with Crippen LogP contribution in [0, 0.1) is 5.41 Å². The highest BCUT2D eigenvalue weighted by Crippen LogP contribution is 2.49. The molecule has 4 nitrogen and oxygen atoms in total. The van der Waals surface area contributed by atoms with Crippen LogP contribution in [0.25, 0.3) is 0 Å². The summed E-state index contributed by atoms with van der Waals surface area (Å²) in [4.78, 5) is 6.66. The van der Waals surface area contributed by atoms with Gasteiger partial charge < -0.3 is 20.9 Å². The standard InChI is InChI=1S/C29H37F3N4S/c30-29(31,32)21-16-25(34-22-5-11-35(12-6-22)14-10-33)24-15-20-3-4-23(18-26(20)37-27(24)17-21)36-13-9-28(19-36)7-1-2-8-28/h3-4,16-18,22,34H,1-2,5-15,19,33H2. The number of hydrogen-bond donors (Lipinski definition) is 2. The van der Waals surface area contributed by atoms with Crippen LogP contribution in [-0.2, 0) is 12.6 Å². The largest absolute Gasteiger partial charge is 0.416 e. The Morgan fingerprint density at radius 3 is 2.51 bits per heavy atom. The summed E-state index contributed by atoms with van der Waals surface area (Å²) in [5.41, 5.74) is 9.67. The van der Waals surface area contributed by atoms with Gasteiger partial charge in [-0.25, -0.2) is 0 Å². The first-order valence-corrected chi connectivity index (χ1v) is 14.6. The second kappa shape index (κ2) is 10.0. The molecule has 6 rings (SSSR count). The summed E-state index contributed by atoms with van der Waals surface area (Å²) >= 11 is 1.50. The number of nitrogens with zero attached hydrogens (tertiary/aromatic N) is 2. The molecule has 3 fully saturated rings. The third-order valence-corrected chi connectivity index (χ3v) is 10.2. The van der Waals surface area contributed by atoms with Crippen molar-refractivity contribution in [3.8, 4) is 0 Å². The van der Waals surface area contributed by atoms with Crippen molar-refractivity contribution in [3.05, 3.63) is 47.0 Å². The van der Waals surface area contributed by atoms with Crippen molar-refractivity contribution in [2.45, 2.75) is 73.4 Å². The van der Waals surface area contributed by atoms with Gasteiger partial charge in [-0.2, -0.15) is 13.2 Å². The molecule has 2 aromatic carbocycles. The zero-order valence-corrected chi connectivity index (χ0v) is 22.2. The van der Waals surface area contributed by atoms with E-state index < -0.39 is 11.7 Å². The summed E-state index contributed by atoms with van der Waals surface area (Å²) in [6, 6.07) is 9.51. The van der Waals surface area contributed by atoms with Crippen molar-refractivity contribution in [1.82, 2.24) is 4.90 Å². The second-order valence-electron chi connectivity index (χ2n) is 11.5. The Morgan fingerprint density at radius 2 is 1.78 bits per heavy atom. The molecule has 0 radical (unpaired) electrons. The summed E-state index contributed by atoms with van der Waals surface area (Å²) in [5.74, 6) is 0. The van der Waals surface area contributed by atoms with Crippen LogP contribution in [0.5, 0.6) is 0 Å². The van der Waals surface area contributed by atoms with E-state index in [0.717, 1.165) is 60.9 Å². The molecule has 0 aromatic heterocycles. The number of nitrogens with two attached hydrogens (primary N) is 1. The summed E-state index contributed by atoms with van der Waals surface area (Å²) in [6.07, 6.45) is 4.72. The Bertz CT molecular complexity index is 1140. The van der Waals surface area contributed by atoms with E-state index in [1.165, 1.54) is 67.2 Å². The predicted octanol–water partition coefficient (Wildman–Crippen LogP) is 6.37. The fourth-order valence-electron chi connectivity index (χ4n) is 6.89. The van der Waals surface area contributed by atoms with E-state index in [9.17, 15) is 13.2 Å². The van der Waals surface area contributed by atoms with Crippen LogP contribution < -0.4 is 16.0 Å². The van der Waals surface area contributed by atoms with Gasteiger partial charge in [0, 0.05) is 72.9 Å². The lowest BCUT2D eigenvalue weighted by molar-refractivity contribution is -0.137. The highest BCUT2D eigenvalue weighted by atomic mass is 32.2. The van der Waals surface area contributed by atoms with Crippen molar-refractivity contribution < 1.29 is 13.2 Å². The fourth-order valence-corrected chi connectivity index (χ4v) is 8.07. The van der Waals surface area contributed by atoms with Crippen LogP contribution in [-0.4, -0.2) is 50.2 Å². The Labute approximate surface area is 222 Å². The quantitative estimate of drug-likeness (QED) is 0.402. The van der Waals surface area contributed by atoms with Crippen LogP contribution in [0.3, 0.4) is 0 Å². The van der Waals surface area contributed by atoms with Gasteiger partial charge in [-0.1, -0.05) is 30.7 Å². The second-order valence-corrected chi connectivity index (χ2v) is 12.6. The maximum atomic E-state index is 13.9. The smallest absolute Gasteiger partial charge is 0.382 e. The van der Waals surface area contributed by atoms with Gasteiger partial charge in [-0.3, -0.25) is 0 Å². The Morgan fingerprint density at radius 1 is 1.00 bits per heavy atom. The minimum atomic E-state index is -4.37. The number of benzene rings is 2. The highest BCUT2D eigenvalue weighted by molar-refractivity contribution is 7.99. The van der Waals surface area contributed by atoms with E-state index in [2.05, 4.69) is 33.3 Å². The van der Waals surface area contributed by atoms with E-state index >= 15 is 0 Å². The van der Waals surface area contributed by atoms with Gasteiger partial charge in [0.25, 0.3) is 0 Å². The highest BCUT2D eigenvalue weighted by Gasteiger charge is 2.40. The third kappa shape index (κ3) is 5.21. The molecule has 8 heteroatoms. The molecule has 0 bridgehead atoms. The molecule has 0 amide bonds. The number of piperidine rings is 1. The number of rotatable bonds is 5. The first-order valence-electron chi connectivity index (χ1n) is 13.8. The Hall–Kier alpha value is -1.90. The molecule has 200 valence electrons. The average Bonchev–Trinajstić information content (AvgIpc) is 3.53. The molecule has 3 N–H and O–H groups in total. The third-order valence-electron chi connectivity index (χ3n) is 9.03. The van der Waals surface area contributed by atoms with Crippen LogP contribution in [0.1, 0.15) is 61.6 Å². The molecule has 2 saturated heterocycles. The molecule has 0 unspecified atom stereocenters. The van der Waals surface area contributed by atoms with E-state index in [1.54, 1.807) is 0 Å². The maximum absolute atomic E-state index is 13.9.